The summed E-state index contributed by atoms with van der Waals surface area (Å²) in [5.74, 6) is 0.496. The minimum Gasteiger partial charge on any atom is -0.508 e. The van der Waals surface area contributed by atoms with Crippen molar-refractivity contribution in [3.05, 3.63) is 58.7 Å². The molecule has 0 radical (unpaired) electrons. The number of ketones is 1. The van der Waals surface area contributed by atoms with E-state index in [1.54, 1.807) is 24.3 Å². The molecule has 0 amide bonds. The molecular formula is C33H50O3. The lowest BCUT2D eigenvalue weighted by molar-refractivity contribution is 0.103. The average Bonchev–Trinajstić information content (AvgIpc) is 2.88. The maximum Gasteiger partial charge on any atom is 0.193 e. The molecule has 0 bridgehead atoms. The van der Waals surface area contributed by atoms with E-state index in [-0.39, 0.29) is 17.3 Å². The third-order valence-corrected chi connectivity index (χ3v) is 7.28. The zero-order chi connectivity index (χ0) is 26.0. The van der Waals surface area contributed by atoms with Gasteiger partial charge in [-0.25, -0.2) is 0 Å². The molecule has 0 saturated heterocycles. The van der Waals surface area contributed by atoms with E-state index >= 15 is 0 Å². The van der Waals surface area contributed by atoms with E-state index in [1.807, 2.05) is 12.1 Å². The van der Waals surface area contributed by atoms with Crippen molar-refractivity contribution in [2.24, 2.45) is 0 Å². The molecule has 3 heteroatoms. The zero-order valence-electron chi connectivity index (χ0n) is 23.0. The molecule has 2 rings (SSSR count). The number of phenolic OH excluding ortho intramolecular Hbond substituents is 2. The minimum absolute atomic E-state index is 0.0515. The van der Waals surface area contributed by atoms with E-state index in [0.717, 1.165) is 49.7 Å². The summed E-state index contributed by atoms with van der Waals surface area (Å²) >= 11 is 0. The third-order valence-electron chi connectivity index (χ3n) is 7.28. The van der Waals surface area contributed by atoms with Crippen LogP contribution in [0.3, 0.4) is 0 Å². The number of phenols is 2. The fourth-order valence-corrected chi connectivity index (χ4v) is 4.92. The molecular weight excluding hydrogens is 444 g/mol. The number of benzene rings is 2. The van der Waals surface area contributed by atoms with Crippen LogP contribution in [0.1, 0.15) is 144 Å². The molecule has 0 atom stereocenters. The first-order valence-electron chi connectivity index (χ1n) is 14.7. The maximum atomic E-state index is 13.2. The van der Waals surface area contributed by atoms with Crippen molar-refractivity contribution in [3.63, 3.8) is 0 Å². The molecule has 0 saturated carbocycles. The van der Waals surface area contributed by atoms with Gasteiger partial charge < -0.3 is 10.2 Å². The molecule has 0 aliphatic heterocycles. The van der Waals surface area contributed by atoms with Gasteiger partial charge in [-0.05, 0) is 73.2 Å². The lowest BCUT2D eigenvalue weighted by Gasteiger charge is -2.10. The van der Waals surface area contributed by atoms with Crippen molar-refractivity contribution in [2.75, 3.05) is 0 Å². The van der Waals surface area contributed by atoms with Gasteiger partial charge in [-0.2, -0.15) is 0 Å². The zero-order valence-corrected chi connectivity index (χ0v) is 23.0. The van der Waals surface area contributed by atoms with E-state index in [4.69, 9.17) is 0 Å². The van der Waals surface area contributed by atoms with Crippen molar-refractivity contribution in [1.29, 1.82) is 0 Å². The number of hydrogen-bond donors (Lipinski definition) is 2. The molecule has 0 heterocycles. The van der Waals surface area contributed by atoms with E-state index in [0.29, 0.717) is 11.1 Å². The van der Waals surface area contributed by atoms with Crippen LogP contribution in [0, 0.1) is 0 Å². The van der Waals surface area contributed by atoms with Crippen LogP contribution in [-0.2, 0) is 12.8 Å². The lowest BCUT2D eigenvalue weighted by Crippen LogP contribution is -2.03. The number of aromatic hydroxyl groups is 2. The third kappa shape index (κ3) is 11.2. The van der Waals surface area contributed by atoms with Gasteiger partial charge in [0.15, 0.2) is 5.78 Å². The molecule has 0 spiro atoms. The Kier molecular flexibility index (Phi) is 15.0. The molecule has 2 N–H and O–H groups in total. The molecule has 200 valence electrons. The predicted molar refractivity (Wildman–Crippen MR) is 152 cm³/mol. The Morgan fingerprint density at radius 1 is 0.528 bits per heavy atom. The Balaban J connectivity index is 1.86. The Labute approximate surface area is 220 Å². The Morgan fingerprint density at radius 2 is 0.861 bits per heavy atom. The first-order chi connectivity index (χ1) is 17.6. The van der Waals surface area contributed by atoms with E-state index < -0.39 is 0 Å². The van der Waals surface area contributed by atoms with Gasteiger partial charge in [0.1, 0.15) is 11.5 Å². The van der Waals surface area contributed by atoms with E-state index in [9.17, 15) is 15.0 Å². The van der Waals surface area contributed by atoms with Crippen LogP contribution >= 0.6 is 0 Å². The van der Waals surface area contributed by atoms with Gasteiger partial charge in [0.25, 0.3) is 0 Å². The highest BCUT2D eigenvalue weighted by Crippen LogP contribution is 2.26. The molecule has 0 fully saturated rings. The molecule has 0 aromatic heterocycles. The quantitative estimate of drug-likeness (QED) is 0.142. The van der Waals surface area contributed by atoms with Crippen LogP contribution in [0.15, 0.2) is 36.4 Å². The molecule has 3 nitrogen and oxygen atoms in total. The summed E-state index contributed by atoms with van der Waals surface area (Å²) in [4.78, 5) is 13.2. The number of rotatable bonds is 20. The summed E-state index contributed by atoms with van der Waals surface area (Å²) in [5, 5.41) is 20.6. The van der Waals surface area contributed by atoms with E-state index in [1.165, 1.54) is 77.0 Å². The number of aryl methyl sites for hydroxylation is 2. The van der Waals surface area contributed by atoms with Gasteiger partial charge in [-0.3, -0.25) is 4.79 Å². The van der Waals surface area contributed by atoms with Crippen molar-refractivity contribution in [3.8, 4) is 11.5 Å². The first-order valence-corrected chi connectivity index (χ1v) is 14.7. The summed E-state index contributed by atoms with van der Waals surface area (Å²) in [6.45, 7) is 4.48. The highest BCUT2D eigenvalue weighted by Gasteiger charge is 2.14. The highest BCUT2D eigenvalue weighted by molar-refractivity contribution is 6.09. The largest absolute Gasteiger partial charge is 0.508 e. The summed E-state index contributed by atoms with van der Waals surface area (Å²) in [7, 11) is 0. The number of carbonyl (C=O) groups excluding carboxylic acids is 1. The second kappa shape index (κ2) is 18.0. The van der Waals surface area contributed by atoms with Gasteiger partial charge in [0.05, 0.1) is 0 Å². The van der Waals surface area contributed by atoms with Crippen molar-refractivity contribution in [1.82, 2.24) is 0 Å². The van der Waals surface area contributed by atoms with Crippen LogP contribution in [0.2, 0.25) is 0 Å². The van der Waals surface area contributed by atoms with Gasteiger partial charge in [-0.1, -0.05) is 104 Å². The Hall–Kier alpha value is -2.29. The van der Waals surface area contributed by atoms with Crippen LogP contribution in [0.25, 0.3) is 0 Å². The summed E-state index contributed by atoms with van der Waals surface area (Å²) in [6.07, 6.45) is 21.5. The van der Waals surface area contributed by atoms with E-state index in [2.05, 4.69) is 13.8 Å². The van der Waals surface area contributed by atoms with Crippen LogP contribution < -0.4 is 0 Å². The SMILES string of the molecule is CCCCCCCCCCc1cc(C(=O)c2ccc(O)c(CCCCCCCCCC)c2)ccc1O. The number of hydrogen-bond acceptors (Lipinski definition) is 3. The predicted octanol–water partition coefficient (Wildman–Crippen LogP) is 9.70. The molecule has 0 aliphatic carbocycles. The van der Waals surface area contributed by atoms with Gasteiger partial charge in [0.2, 0.25) is 0 Å². The van der Waals surface area contributed by atoms with Gasteiger partial charge in [-0.15, -0.1) is 0 Å². The molecule has 2 aromatic rings. The smallest absolute Gasteiger partial charge is 0.193 e. The normalized spacial score (nSPS) is 11.2. The fraction of sp³-hybridized carbons (Fsp3) is 0.606. The second-order valence-corrected chi connectivity index (χ2v) is 10.5. The molecule has 2 aromatic carbocycles. The molecule has 0 unspecified atom stereocenters. The van der Waals surface area contributed by atoms with Gasteiger partial charge >= 0.3 is 0 Å². The Bertz CT molecular complexity index is 815. The summed E-state index contributed by atoms with van der Waals surface area (Å²) in [5.41, 5.74) is 2.91. The lowest BCUT2D eigenvalue weighted by atomic mass is 9.95. The Morgan fingerprint density at radius 3 is 1.22 bits per heavy atom. The van der Waals surface area contributed by atoms with Gasteiger partial charge in [0, 0.05) is 11.1 Å². The maximum absolute atomic E-state index is 13.2. The highest BCUT2D eigenvalue weighted by atomic mass is 16.3. The first kappa shape index (κ1) is 29.9. The topological polar surface area (TPSA) is 57.5 Å². The standard InChI is InChI=1S/C33H50O3/c1-3-5-7-9-11-13-15-17-19-27-25-29(21-23-31(27)34)33(36)30-22-24-32(35)28(26-30)20-18-16-14-12-10-8-6-4-2/h21-26,34-35H,3-20H2,1-2H3. The van der Waals surface area contributed by atoms with Crippen molar-refractivity contribution < 1.29 is 15.0 Å². The van der Waals surface area contributed by atoms with Crippen molar-refractivity contribution in [2.45, 2.75) is 129 Å². The average molecular weight is 495 g/mol. The number of carbonyl (C=O) groups is 1. The van der Waals surface area contributed by atoms with Crippen LogP contribution in [-0.4, -0.2) is 16.0 Å². The fourth-order valence-electron chi connectivity index (χ4n) is 4.92. The van der Waals surface area contributed by atoms with Crippen molar-refractivity contribution >= 4 is 5.78 Å². The summed E-state index contributed by atoms with van der Waals surface area (Å²) in [6, 6.07) is 10.4. The second-order valence-electron chi connectivity index (χ2n) is 10.5. The van der Waals surface area contributed by atoms with Crippen LogP contribution in [0.4, 0.5) is 0 Å². The molecule has 0 aliphatic rings. The van der Waals surface area contributed by atoms with Crippen LogP contribution in [0.5, 0.6) is 11.5 Å². The monoisotopic (exact) mass is 494 g/mol. The molecule has 36 heavy (non-hydrogen) atoms. The minimum atomic E-state index is -0.0515. The summed E-state index contributed by atoms with van der Waals surface area (Å²) < 4.78 is 0. The number of unbranched alkanes of at least 4 members (excludes halogenated alkanes) is 14.